The molecule has 9 nitrogen and oxygen atoms in total. The predicted molar refractivity (Wildman–Crippen MR) is 96.1 cm³/mol. The number of imidazole rings is 1. The molecule has 4 atom stereocenters. The highest BCUT2D eigenvalue weighted by Gasteiger charge is 2.44. The van der Waals surface area contributed by atoms with Gasteiger partial charge in [0.15, 0.2) is 17.0 Å². The molecule has 0 bridgehead atoms. The van der Waals surface area contributed by atoms with Crippen LogP contribution in [0.25, 0.3) is 11.2 Å². The Balaban J connectivity index is 1.79. The number of aliphatic hydroxyl groups is 3. The maximum absolute atomic E-state index is 10.3. The molecule has 1 aliphatic carbocycles. The first-order valence-electron chi connectivity index (χ1n) is 8.90. The molecule has 2 aromatic heterocycles. The van der Waals surface area contributed by atoms with Crippen LogP contribution in [0.15, 0.2) is 6.33 Å². The molecule has 1 aliphatic heterocycles. The van der Waals surface area contributed by atoms with Gasteiger partial charge in [0.1, 0.15) is 35.5 Å². The summed E-state index contributed by atoms with van der Waals surface area (Å²) in [6.45, 7) is -0.428. The van der Waals surface area contributed by atoms with Crippen molar-refractivity contribution in [3.63, 3.8) is 0 Å². The molecule has 3 heterocycles. The van der Waals surface area contributed by atoms with Crippen molar-refractivity contribution in [2.45, 2.75) is 56.3 Å². The average Bonchev–Trinajstić information content (AvgIpc) is 3.37. The van der Waals surface area contributed by atoms with E-state index in [4.69, 9.17) is 16.3 Å². The summed E-state index contributed by atoms with van der Waals surface area (Å²) in [6.07, 6.45) is 1.30. The van der Waals surface area contributed by atoms with E-state index in [1.807, 2.05) is 0 Å². The van der Waals surface area contributed by atoms with Gasteiger partial charge in [0.05, 0.1) is 18.6 Å². The van der Waals surface area contributed by atoms with Gasteiger partial charge in [-0.1, -0.05) is 24.4 Å². The monoisotopic (exact) mass is 393 g/mol. The molecule has 2 aliphatic rings. The van der Waals surface area contributed by atoms with Crippen molar-refractivity contribution >= 4 is 28.5 Å². The van der Waals surface area contributed by atoms with Crippen molar-refractivity contribution in [2.24, 2.45) is 0 Å². The molecule has 0 aromatic carbocycles. The van der Waals surface area contributed by atoms with Crippen LogP contribution in [0.3, 0.4) is 0 Å². The number of hydrogen-bond donors (Lipinski definition) is 4. The third kappa shape index (κ3) is 3.03. The van der Waals surface area contributed by atoms with E-state index in [9.17, 15) is 20.6 Å². The molecule has 4 N–H and O–H groups in total. The molecule has 2 aromatic rings. The Morgan fingerprint density at radius 2 is 2.07 bits per heavy atom. The second-order valence-electron chi connectivity index (χ2n) is 6.94. The van der Waals surface area contributed by atoms with Gasteiger partial charge in [0.2, 0.25) is 0 Å². The molecule has 27 heavy (non-hydrogen) atoms. The molecule has 10 heteroatoms. The van der Waals surface area contributed by atoms with E-state index in [2.05, 4.69) is 21.4 Å². The normalized spacial score (nSPS) is 28.7. The number of anilines is 1. The highest BCUT2D eigenvalue weighted by Crippen LogP contribution is 2.36. The van der Waals surface area contributed by atoms with Crippen LogP contribution in [0, 0.1) is 11.3 Å². The quantitative estimate of drug-likeness (QED) is 0.563. The summed E-state index contributed by atoms with van der Waals surface area (Å²) >= 11 is 6.24. The zero-order chi connectivity index (χ0) is 19.1. The maximum atomic E-state index is 10.3. The van der Waals surface area contributed by atoms with Crippen LogP contribution >= 0.6 is 11.6 Å². The first kappa shape index (κ1) is 18.4. The van der Waals surface area contributed by atoms with Gasteiger partial charge in [-0.3, -0.25) is 4.57 Å². The fourth-order valence-corrected chi connectivity index (χ4v) is 4.04. The van der Waals surface area contributed by atoms with Gasteiger partial charge >= 0.3 is 0 Å². The van der Waals surface area contributed by atoms with Crippen molar-refractivity contribution in [2.75, 3.05) is 11.9 Å². The lowest BCUT2D eigenvalue weighted by atomic mass is 10.1. The van der Waals surface area contributed by atoms with E-state index in [-0.39, 0.29) is 16.8 Å². The topological polar surface area (TPSA) is 136 Å². The summed E-state index contributed by atoms with van der Waals surface area (Å²) in [4.78, 5) is 8.62. The molecular weight excluding hydrogens is 374 g/mol. The van der Waals surface area contributed by atoms with Crippen LogP contribution in [0.4, 0.5) is 5.69 Å². The Morgan fingerprint density at radius 3 is 2.70 bits per heavy atom. The second kappa shape index (κ2) is 7.22. The minimum Gasteiger partial charge on any atom is -0.394 e. The number of nitrogens with one attached hydrogen (secondary N) is 1. The van der Waals surface area contributed by atoms with Crippen molar-refractivity contribution in [1.82, 2.24) is 14.5 Å². The number of nitrogens with zero attached hydrogens (tertiary/aromatic N) is 4. The van der Waals surface area contributed by atoms with E-state index in [0.29, 0.717) is 16.9 Å². The van der Waals surface area contributed by atoms with E-state index >= 15 is 0 Å². The van der Waals surface area contributed by atoms with E-state index < -0.39 is 31.1 Å². The van der Waals surface area contributed by atoms with Crippen molar-refractivity contribution in [3.8, 4) is 6.07 Å². The van der Waals surface area contributed by atoms with Crippen LogP contribution in [-0.4, -0.2) is 60.8 Å². The third-order valence-corrected chi connectivity index (χ3v) is 5.55. The van der Waals surface area contributed by atoms with E-state index in [0.717, 1.165) is 25.7 Å². The lowest BCUT2D eigenvalue weighted by Crippen LogP contribution is -2.33. The third-order valence-electron chi connectivity index (χ3n) is 5.27. The molecule has 1 saturated heterocycles. The van der Waals surface area contributed by atoms with Gasteiger partial charge in [-0.15, -0.1) is 0 Å². The highest BCUT2D eigenvalue weighted by molar-refractivity contribution is 6.31. The molecule has 0 spiro atoms. The Kier molecular flexibility index (Phi) is 4.92. The minimum absolute atomic E-state index is 0.0268. The minimum atomic E-state index is -1.26. The van der Waals surface area contributed by atoms with Gasteiger partial charge in [0, 0.05) is 6.04 Å². The fraction of sp³-hybridized carbons (Fsp3) is 0.588. The largest absolute Gasteiger partial charge is 0.394 e. The van der Waals surface area contributed by atoms with Crippen molar-refractivity contribution in [3.05, 3.63) is 17.0 Å². The van der Waals surface area contributed by atoms with Gasteiger partial charge < -0.3 is 25.4 Å². The standard InChI is InChI=1S/C17H20ClN5O4/c18-15-9(5-19)11(21-8-3-1-2-4-8)12-16(22-15)23(7-20-12)17-14(26)13(25)10(6-24)27-17/h7-8,10,13-14,17,24-26H,1-4,6H2,(H,21,22)/t10-,13-,14-,17-/m1/s1. The number of aromatic nitrogens is 3. The number of fused-ring (bicyclic) bond motifs is 1. The maximum Gasteiger partial charge on any atom is 0.165 e. The molecule has 1 saturated carbocycles. The van der Waals surface area contributed by atoms with Crippen LogP contribution < -0.4 is 5.32 Å². The Hall–Kier alpha value is -1.96. The molecule has 2 fully saturated rings. The van der Waals surface area contributed by atoms with Gasteiger partial charge in [-0.05, 0) is 12.8 Å². The molecule has 0 amide bonds. The van der Waals surface area contributed by atoms with E-state index in [1.54, 1.807) is 0 Å². The Morgan fingerprint density at radius 1 is 1.33 bits per heavy atom. The van der Waals surface area contributed by atoms with Gasteiger partial charge in [-0.25, -0.2) is 9.97 Å². The number of aliphatic hydroxyl groups excluding tert-OH is 3. The summed E-state index contributed by atoms with van der Waals surface area (Å²) in [5.74, 6) is 0. The first-order chi connectivity index (χ1) is 13.0. The first-order valence-corrected chi connectivity index (χ1v) is 9.28. The molecular formula is C17H20ClN5O4. The zero-order valence-electron chi connectivity index (χ0n) is 14.4. The summed E-state index contributed by atoms with van der Waals surface area (Å²) in [5.41, 5.74) is 1.52. The zero-order valence-corrected chi connectivity index (χ0v) is 15.2. The number of halogens is 1. The van der Waals surface area contributed by atoms with Crippen LogP contribution in [0.1, 0.15) is 37.5 Å². The molecule has 0 radical (unpaired) electrons. The number of pyridine rings is 1. The number of ether oxygens (including phenoxy) is 1. The Labute approximate surface area is 160 Å². The number of hydrogen-bond acceptors (Lipinski definition) is 8. The van der Waals surface area contributed by atoms with Crippen LogP contribution in [0.2, 0.25) is 5.15 Å². The predicted octanol–water partition coefficient (Wildman–Crippen LogP) is 0.922. The van der Waals surface area contributed by atoms with Gasteiger partial charge in [0.25, 0.3) is 0 Å². The molecule has 0 unspecified atom stereocenters. The van der Waals surface area contributed by atoms with E-state index in [1.165, 1.54) is 10.9 Å². The average molecular weight is 394 g/mol. The summed E-state index contributed by atoms with van der Waals surface area (Å²) in [5, 5.41) is 42.5. The molecule has 4 rings (SSSR count). The van der Waals surface area contributed by atoms with Gasteiger partial charge in [-0.2, -0.15) is 5.26 Å². The SMILES string of the molecule is N#Cc1c(Cl)nc2c(ncn2[C@@H]2O[C@H](CO)[C@@H](O)[C@H]2O)c1NC1CCCC1. The van der Waals surface area contributed by atoms with Crippen molar-refractivity contribution in [1.29, 1.82) is 5.26 Å². The highest BCUT2D eigenvalue weighted by atomic mass is 35.5. The smallest absolute Gasteiger partial charge is 0.165 e. The summed E-state index contributed by atoms with van der Waals surface area (Å²) in [6, 6.07) is 2.31. The fourth-order valence-electron chi connectivity index (χ4n) is 3.82. The Bertz CT molecular complexity index is 892. The molecule has 144 valence electrons. The van der Waals surface area contributed by atoms with Crippen molar-refractivity contribution < 1.29 is 20.1 Å². The summed E-state index contributed by atoms with van der Waals surface area (Å²) in [7, 11) is 0. The van der Waals surface area contributed by atoms with Crippen LogP contribution in [0.5, 0.6) is 0 Å². The second-order valence-corrected chi connectivity index (χ2v) is 7.30. The number of nitriles is 1. The lowest BCUT2D eigenvalue weighted by Gasteiger charge is -2.18. The summed E-state index contributed by atoms with van der Waals surface area (Å²) < 4.78 is 7.03. The van der Waals surface area contributed by atoms with Crippen LogP contribution in [-0.2, 0) is 4.74 Å². The number of rotatable bonds is 4. The lowest BCUT2D eigenvalue weighted by molar-refractivity contribution is -0.0511.